The van der Waals surface area contributed by atoms with Gasteiger partial charge in [0.2, 0.25) is 0 Å². The highest BCUT2D eigenvalue weighted by Gasteiger charge is 2.44. The Labute approximate surface area is 138 Å². The van der Waals surface area contributed by atoms with Crippen LogP contribution in [0.4, 0.5) is 10.2 Å². The van der Waals surface area contributed by atoms with Gasteiger partial charge >= 0.3 is 0 Å². The number of hydrogen-bond donors (Lipinski definition) is 1. The molecule has 0 saturated carbocycles. The molecule has 1 N–H and O–H groups in total. The van der Waals surface area contributed by atoms with E-state index in [4.69, 9.17) is 0 Å². The minimum Gasteiger partial charge on any atom is -0.366 e. The molecule has 0 aliphatic carbocycles. The molecule has 1 unspecified atom stereocenters. The van der Waals surface area contributed by atoms with Crippen molar-refractivity contribution in [1.82, 2.24) is 9.88 Å². The maximum absolute atomic E-state index is 13.2. The second-order valence-electron chi connectivity index (χ2n) is 5.09. The lowest BCUT2D eigenvalue weighted by molar-refractivity contribution is -0.0422. The maximum atomic E-state index is 13.2. The standard InChI is InChI=1S/C17H16FN3OS/c1-2-11-21-16(20-15-5-3-4-10-19-15)23-12-17(21,22)13-6-8-14(18)9-7-13/h2-10,22H,1,11-12H2. The molecule has 0 radical (unpaired) electrons. The topological polar surface area (TPSA) is 48.7 Å². The molecule has 1 aromatic heterocycles. The van der Waals surface area contributed by atoms with E-state index in [0.717, 1.165) is 0 Å². The molecule has 2 aromatic rings. The number of aromatic nitrogens is 1. The highest BCUT2D eigenvalue weighted by Crippen LogP contribution is 2.39. The first-order valence-corrected chi connectivity index (χ1v) is 8.11. The Bertz CT molecular complexity index is 720. The summed E-state index contributed by atoms with van der Waals surface area (Å²) in [4.78, 5) is 10.5. The fourth-order valence-electron chi connectivity index (χ4n) is 2.40. The number of rotatable bonds is 4. The monoisotopic (exact) mass is 329 g/mol. The minimum absolute atomic E-state index is 0.333. The van der Waals surface area contributed by atoms with E-state index in [1.807, 2.05) is 12.1 Å². The summed E-state index contributed by atoms with van der Waals surface area (Å²) in [5.74, 6) is 0.645. The van der Waals surface area contributed by atoms with Crippen LogP contribution in [-0.2, 0) is 5.72 Å². The number of halogens is 1. The Hall–Kier alpha value is -2.18. The summed E-state index contributed by atoms with van der Waals surface area (Å²) in [6, 6.07) is 11.4. The molecular weight excluding hydrogens is 313 g/mol. The highest BCUT2D eigenvalue weighted by molar-refractivity contribution is 8.14. The van der Waals surface area contributed by atoms with Gasteiger partial charge in [-0.2, -0.15) is 0 Å². The molecular formula is C17H16FN3OS. The summed E-state index contributed by atoms with van der Waals surface area (Å²) >= 11 is 1.44. The van der Waals surface area contributed by atoms with Crippen molar-refractivity contribution >= 4 is 22.7 Å². The van der Waals surface area contributed by atoms with Crippen LogP contribution in [0, 0.1) is 5.82 Å². The van der Waals surface area contributed by atoms with Crippen molar-refractivity contribution in [3.63, 3.8) is 0 Å². The number of pyridine rings is 1. The molecule has 0 amide bonds. The summed E-state index contributed by atoms with van der Waals surface area (Å²) in [6.07, 6.45) is 3.37. The van der Waals surface area contributed by atoms with Crippen LogP contribution in [0.15, 0.2) is 66.3 Å². The predicted octanol–water partition coefficient (Wildman–Crippen LogP) is 3.29. The lowest BCUT2D eigenvalue weighted by atomic mass is 10.0. The Kier molecular flexibility index (Phi) is 4.45. The molecule has 6 heteroatoms. The fraction of sp³-hybridized carbons (Fsp3) is 0.176. The minimum atomic E-state index is -1.25. The van der Waals surface area contributed by atoms with Crippen LogP contribution in [0.2, 0.25) is 0 Å². The van der Waals surface area contributed by atoms with E-state index in [9.17, 15) is 9.50 Å². The van der Waals surface area contributed by atoms with Crippen LogP contribution in [0.3, 0.4) is 0 Å². The third-order valence-electron chi connectivity index (χ3n) is 3.56. The third-order valence-corrected chi connectivity index (χ3v) is 4.67. The molecule has 1 aliphatic heterocycles. The summed E-state index contributed by atoms with van der Waals surface area (Å²) in [5, 5.41) is 11.8. The number of benzene rings is 1. The van der Waals surface area contributed by atoms with Gasteiger partial charge in [0.1, 0.15) is 5.82 Å². The van der Waals surface area contributed by atoms with Gasteiger partial charge in [-0.05, 0) is 24.3 Å². The number of thioether (sulfide) groups is 1. The zero-order valence-corrected chi connectivity index (χ0v) is 13.2. The van der Waals surface area contributed by atoms with Crippen LogP contribution < -0.4 is 0 Å². The van der Waals surface area contributed by atoms with Gasteiger partial charge in [-0.15, -0.1) is 6.58 Å². The van der Waals surface area contributed by atoms with E-state index in [-0.39, 0.29) is 5.82 Å². The molecule has 1 fully saturated rings. The van der Waals surface area contributed by atoms with Crippen molar-refractivity contribution in [2.75, 3.05) is 12.3 Å². The van der Waals surface area contributed by atoms with Crippen molar-refractivity contribution in [3.05, 3.63) is 72.7 Å². The first kappa shape index (κ1) is 15.7. The van der Waals surface area contributed by atoms with E-state index in [1.54, 1.807) is 35.4 Å². The number of amidine groups is 1. The molecule has 1 atom stereocenters. The zero-order chi connectivity index (χ0) is 16.3. The zero-order valence-electron chi connectivity index (χ0n) is 12.4. The summed E-state index contributed by atoms with van der Waals surface area (Å²) in [7, 11) is 0. The average Bonchev–Trinajstić information content (AvgIpc) is 2.87. The first-order chi connectivity index (χ1) is 11.1. The van der Waals surface area contributed by atoms with Crippen molar-refractivity contribution in [1.29, 1.82) is 0 Å². The lowest BCUT2D eigenvalue weighted by Gasteiger charge is -2.33. The largest absolute Gasteiger partial charge is 0.366 e. The van der Waals surface area contributed by atoms with E-state index < -0.39 is 5.72 Å². The van der Waals surface area contributed by atoms with Crippen molar-refractivity contribution in [3.8, 4) is 0 Å². The predicted molar refractivity (Wildman–Crippen MR) is 91.0 cm³/mol. The average molecular weight is 329 g/mol. The Morgan fingerprint density at radius 1 is 1.35 bits per heavy atom. The molecule has 1 saturated heterocycles. The number of aliphatic hydroxyl groups is 1. The Morgan fingerprint density at radius 3 is 2.78 bits per heavy atom. The molecule has 23 heavy (non-hydrogen) atoms. The van der Waals surface area contributed by atoms with Crippen LogP contribution in [-0.4, -0.2) is 32.5 Å². The fourth-order valence-corrected chi connectivity index (χ4v) is 3.60. The summed E-state index contributed by atoms with van der Waals surface area (Å²) in [5.41, 5.74) is -0.625. The second-order valence-corrected chi connectivity index (χ2v) is 6.04. The van der Waals surface area contributed by atoms with Gasteiger partial charge in [-0.1, -0.05) is 36.0 Å². The van der Waals surface area contributed by atoms with Crippen molar-refractivity contribution in [2.24, 2.45) is 4.99 Å². The molecule has 0 bridgehead atoms. The third kappa shape index (κ3) is 3.13. The number of aliphatic imine (C=N–C) groups is 1. The highest BCUT2D eigenvalue weighted by atomic mass is 32.2. The normalized spacial score (nSPS) is 22.5. The number of hydrogen-bond acceptors (Lipinski definition) is 4. The molecule has 3 rings (SSSR count). The van der Waals surface area contributed by atoms with Crippen LogP contribution in [0.1, 0.15) is 5.56 Å². The van der Waals surface area contributed by atoms with Crippen LogP contribution in [0.25, 0.3) is 0 Å². The SMILES string of the molecule is C=CCN1C(=Nc2ccccn2)SCC1(O)c1ccc(F)cc1. The summed E-state index contributed by atoms with van der Waals surface area (Å²) in [6.45, 7) is 4.17. The smallest absolute Gasteiger partial charge is 0.175 e. The van der Waals surface area contributed by atoms with Gasteiger partial charge in [0.15, 0.2) is 16.7 Å². The molecule has 2 heterocycles. The first-order valence-electron chi connectivity index (χ1n) is 7.13. The van der Waals surface area contributed by atoms with E-state index in [2.05, 4.69) is 16.6 Å². The molecule has 1 aromatic carbocycles. The van der Waals surface area contributed by atoms with Gasteiger partial charge in [-0.25, -0.2) is 14.4 Å². The molecule has 1 aliphatic rings. The lowest BCUT2D eigenvalue weighted by Crippen LogP contribution is -2.45. The summed E-state index contributed by atoms with van der Waals surface area (Å²) < 4.78 is 13.2. The van der Waals surface area contributed by atoms with Gasteiger partial charge in [0.25, 0.3) is 0 Å². The van der Waals surface area contributed by atoms with E-state index in [1.165, 1.54) is 23.9 Å². The maximum Gasteiger partial charge on any atom is 0.175 e. The molecule has 0 spiro atoms. The molecule has 118 valence electrons. The van der Waals surface area contributed by atoms with E-state index in [0.29, 0.717) is 28.8 Å². The Balaban J connectivity index is 1.97. The van der Waals surface area contributed by atoms with Gasteiger partial charge in [-0.3, -0.25) is 0 Å². The van der Waals surface area contributed by atoms with Gasteiger partial charge in [0.05, 0.1) is 5.75 Å². The quantitative estimate of drug-likeness (QED) is 0.875. The number of nitrogens with zero attached hydrogens (tertiary/aromatic N) is 3. The van der Waals surface area contributed by atoms with Crippen LogP contribution in [0.5, 0.6) is 0 Å². The second kappa shape index (κ2) is 6.52. The van der Waals surface area contributed by atoms with Crippen LogP contribution >= 0.6 is 11.8 Å². The van der Waals surface area contributed by atoms with Crippen molar-refractivity contribution in [2.45, 2.75) is 5.72 Å². The van der Waals surface area contributed by atoms with E-state index >= 15 is 0 Å². The van der Waals surface area contributed by atoms with Gasteiger partial charge in [0, 0.05) is 18.3 Å². The molecule has 4 nitrogen and oxygen atoms in total. The van der Waals surface area contributed by atoms with Crippen molar-refractivity contribution < 1.29 is 9.50 Å². The van der Waals surface area contributed by atoms with Gasteiger partial charge < -0.3 is 10.0 Å². The Morgan fingerprint density at radius 2 is 2.13 bits per heavy atom.